The summed E-state index contributed by atoms with van der Waals surface area (Å²) in [5.74, 6) is 1.51. The standard InChI is InChI=1S/C22H28N2O4/c1-2-27-18-9-7-17(8-10-18)20(25)11-12-22(26)23-16-19(21-6-5-15-28-21)24-13-3-4-14-24/h5-10,15,19H,2-4,11-14,16H2,1H3,(H,23,26)/p+1/t19-/m0/s1. The van der Waals surface area contributed by atoms with Crippen molar-refractivity contribution in [1.29, 1.82) is 0 Å². The first-order chi connectivity index (χ1) is 13.7. The van der Waals surface area contributed by atoms with E-state index >= 15 is 0 Å². The van der Waals surface area contributed by atoms with E-state index in [0.717, 1.165) is 24.6 Å². The Balaban J connectivity index is 1.47. The maximum Gasteiger partial charge on any atom is 0.220 e. The van der Waals surface area contributed by atoms with Gasteiger partial charge in [-0.05, 0) is 43.3 Å². The van der Waals surface area contributed by atoms with Crippen LogP contribution in [-0.4, -0.2) is 37.9 Å². The van der Waals surface area contributed by atoms with E-state index in [0.29, 0.717) is 18.7 Å². The Hall–Kier alpha value is -2.60. The van der Waals surface area contributed by atoms with Gasteiger partial charge in [0.15, 0.2) is 17.6 Å². The first kappa shape index (κ1) is 20.1. The third-order valence-corrected chi connectivity index (χ3v) is 5.19. The van der Waals surface area contributed by atoms with Crippen LogP contribution in [0.15, 0.2) is 47.1 Å². The number of carbonyl (C=O) groups is 2. The van der Waals surface area contributed by atoms with E-state index < -0.39 is 0 Å². The summed E-state index contributed by atoms with van der Waals surface area (Å²) >= 11 is 0. The van der Waals surface area contributed by atoms with E-state index in [1.807, 2.05) is 19.1 Å². The van der Waals surface area contributed by atoms with Crippen LogP contribution >= 0.6 is 0 Å². The van der Waals surface area contributed by atoms with Crippen molar-refractivity contribution in [3.8, 4) is 5.75 Å². The highest BCUT2D eigenvalue weighted by atomic mass is 16.5. The quantitative estimate of drug-likeness (QED) is 0.615. The minimum absolute atomic E-state index is 0.0362. The van der Waals surface area contributed by atoms with Gasteiger partial charge in [-0.15, -0.1) is 0 Å². The molecule has 1 saturated heterocycles. The summed E-state index contributed by atoms with van der Waals surface area (Å²) in [6.07, 6.45) is 4.47. The Kier molecular flexibility index (Phi) is 7.25. The number of benzene rings is 1. The van der Waals surface area contributed by atoms with Crippen molar-refractivity contribution in [2.75, 3.05) is 26.2 Å². The lowest BCUT2D eigenvalue weighted by atomic mass is 10.1. The molecule has 150 valence electrons. The second kappa shape index (κ2) is 10.1. The number of Topliss-reactive ketones (excluding diaryl/α,β-unsaturated/α-hetero) is 1. The second-order valence-electron chi connectivity index (χ2n) is 7.12. The smallest absolute Gasteiger partial charge is 0.220 e. The van der Waals surface area contributed by atoms with Gasteiger partial charge in [0.1, 0.15) is 5.75 Å². The van der Waals surface area contributed by atoms with E-state index in [1.54, 1.807) is 30.5 Å². The molecule has 1 aliphatic rings. The molecule has 1 aromatic heterocycles. The van der Waals surface area contributed by atoms with Crippen LogP contribution in [0, 0.1) is 0 Å². The van der Waals surface area contributed by atoms with Crippen molar-refractivity contribution >= 4 is 11.7 Å². The summed E-state index contributed by atoms with van der Waals surface area (Å²) in [6.45, 7) is 5.22. The van der Waals surface area contributed by atoms with E-state index in [4.69, 9.17) is 9.15 Å². The van der Waals surface area contributed by atoms with Crippen molar-refractivity contribution in [2.24, 2.45) is 0 Å². The zero-order valence-corrected chi connectivity index (χ0v) is 16.4. The van der Waals surface area contributed by atoms with E-state index in [2.05, 4.69) is 5.32 Å². The molecule has 3 rings (SSSR count). The number of furan rings is 1. The van der Waals surface area contributed by atoms with Crippen LogP contribution in [0.2, 0.25) is 0 Å². The van der Waals surface area contributed by atoms with Crippen molar-refractivity contribution < 1.29 is 23.6 Å². The fourth-order valence-electron chi connectivity index (χ4n) is 3.69. The highest BCUT2D eigenvalue weighted by Crippen LogP contribution is 2.14. The largest absolute Gasteiger partial charge is 0.494 e. The van der Waals surface area contributed by atoms with Crippen molar-refractivity contribution in [1.82, 2.24) is 5.32 Å². The molecule has 0 aliphatic carbocycles. The Morgan fingerprint density at radius 3 is 2.54 bits per heavy atom. The van der Waals surface area contributed by atoms with Gasteiger partial charge < -0.3 is 19.4 Å². The number of hydrogen-bond donors (Lipinski definition) is 2. The molecule has 2 heterocycles. The maximum atomic E-state index is 12.3. The number of hydrogen-bond acceptors (Lipinski definition) is 4. The average Bonchev–Trinajstić information content (AvgIpc) is 3.42. The second-order valence-corrected chi connectivity index (χ2v) is 7.12. The number of quaternary nitrogens is 1. The van der Waals surface area contributed by atoms with Crippen molar-refractivity contribution in [3.05, 3.63) is 54.0 Å². The number of ketones is 1. The minimum atomic E-state index is -0.102. The fourth-order valence-corrected chi connectivity index (χ4v) is 3.69. The third kappa shape index (κ3) is 5.45. The summed E-state index contributed by atoms with van der Waals surface area (Å²) in [5.41, 5.74) is 0.603. The lowest BCUT2D eigenvalue weighted by molar-refractivity contribution is -0.919. The van der Waals surface area contributed by atoms with E-state index in [-0.39, 0.29) is 30.6 Å². The molecule has 1 aromatic carbocycles. The molecule has 0 radical (unpaired) electrons. The Morgan fingerprint density at radius 1 is 1.14 bits per heavy atom. The van der Waals surface area contributed by atoms with Gasteiger partial charge in [0, 0.05) is 31.2 Å². The molecule has 2 N–H and O–H groups in total. The molecule has 1 fully saturated rings. The van der Waals surface area contributed by atoms with Gasteiger partial charge in [-0.1, -0.05) is 0 Å². The molecule has 0 spiro atoms. The molecule has 1 aliphatic heterocycles. The van der Waals surface area contributed by atoms with Crippen molar-refractivity contribution in [2.45, 2.75) is 38.6 Å². The average molecular weight is 385 g/mol. The predicted molar refractivity (Wildman–Crippen MR) is 106 cm³/mol. The van der Waals surface area contributed by atoms with Gasteiger partial charge in [0.2, 0.25) is 5.91 Å². The Labute approximate surface area is 165 Å². The van der Waals surface area contributed by atoms with Crippen LogP contribution in [0.3, 0.4) is 0 Å². The minimum Gasteiger partial charge on any atom is -0.494 e. The first-order valence-electron chi connectivity index (χ1n) is 10.1. The van der Waals surface area contributed by atoms with Crippen LogP contribution in [0.4, 0.5) is 0 Å². The number of nitrogens with one attached hydrogen (secondary N) is 2. The molecule has 0 bridgehead atoms. The highest BCUT2D eigenvalue weighted by molar-refractivity contribution is 5.98. The summed E-state index contributed by atoms with van der Waals surface area (Å²) < 4.78 is 11.0. The zero-order valence-electron chi connectivity index (χ0n) is 16.4. The molecule has 1 atom stereocenters. The van der Waals surface area contributed by atoms with Gasteiger partial charge in [-0.2, -0.15) is 0 Å². The van der Waals surface area contributed by atoms with Gasteiger partial charge in [0.05, 0.1) is 32.5 Å². The lowest BCUT2D eigenvalue weighted by Crippen LogP contribution is -3.11. The molecule has 6 nitrogen and oxygen atoms in total. The summed E-state index contributed by atoms with van der Waals surface area (Å²) in [4.78, 5) is 26.0. The number of rotatable bonds is 10. The van der Waals surface area contributed by atoms with Gasteiger partial charge >= 0.3 is 0 Å². The van der Waals surface area contributed by atoms with Crippen LogP contribution in [0.5, 0.6) is 5.75 Å². The van der Waals surface area contributed by atoms with E-state index in [1.165, 1.54) is 17.7 Å². The van der Waals surface area contributed by atoms with Crippen molar-refractivity contribution in [3.63, 3.8) is 0 Å². The van der Waals surface area contributed by atoms with Gasteiger partial charge in [0.25, 0.3) is 0 Å². The lowest BCUT2D eigenvalue weighted by Gasteiger charge is -2.23. The van der Waals surface area contributed by atoms with Crippen LogP contribution in [0.25, 0.3) is 0 Å². The zero-order chi connectivity index (χ0) is 19.8. The monoisotopic (exact) mass is 385 g/mol. The molecule has 28 heavy (non-hydrogen) atoms. The number of carbonyl (C=O) groups excluding carboxylic acids is 2. The molecular weight excluding hydrogens is 356 g/mol. The van der Waals surface area contributed by atoms with Gasteiger partial charge in [-0.3, -0.25) is 9.59 Å². The molecular formula is C22H29N2O4+. The molecule has 0 unspecified atom stereocenters. The number of amides is 1. The Morgan fingerprint density at radius 2 is 1.89 bits per heavy atom. The molecule has 6 heteroatoms. The fraction of sp³-hybridized carbons (Fsp3) is 0.455. The first-order valence-corrected chi connectivity index (χ1v) is 10.1. The van der Waals surface area contributed by atoms with Crippen LogP contribution in [0.1, 0.15) is 54.8 Å². The normalized spacial score (nSPS) is 15.3. The molecule has 2 aromatic rings. The number of ether oxygens (including phenoxy) is 1. The summed E-state index contributed by atoms with van der Waals surface area (Å²) in [7, 11) is 0. The SMILES string of the molecule is CCOc1ccc(C(=O)CCC(=O)NC[C@@H](c2ccco2)[NH+]2CCCC2)cc1. The third-order valence-electron chi connectivity index (χ3n) is 5.19. The topological polar surface area (TPSA) is 73.0 Å². The predicted octanol–water partition coefficient (Wildman–Crippen LogP) is 2.18. The summed E-state index contributed by atoms with van der Waals surface area (Å²) in [6, 6.07) is 11.0. The number of likely N-dealkylation sites (tertiary alicyclic amines) is 1. The van der Waals surface area contributed by atoms with Crippen LogP contribution in [-0.2, 0) is 4.79 Å². The summed E-state index contributed by atoms with van der Waals surface area (Å²) in [5, 5.41) is 2.99. The molecule has 0 saturated carbocycles. The maximum absolute atomic E-state index is 12.3. The highest BCUT2D eigenvalue weighted by Gasteiger charge is 2.29. The van der Waals surface area contributed by atoms with Crippen LogP contribution < -0.4 is 15.0 Å². The molecule has 1 amide bonds. The van der Waals surface area contributed by atoms with Gasteiger partial charge in [-0.25, -0.2) is 0 Å². The Bertz CT molecular complexity index is 749. The van der Waals surface area contributed by atoms with E-state index in [9.17, 15) is 9.59 Å².